The van der Waals surface area contributed by atoms with Gasteiger partial charge in [0.25, 0.3) is 0 Å². The lowest BCUT2D eigenvalue weighted by atomic mass is 9.93. The highest BCUT2D eigenvalue weighted by atomic mass is 16.5. The second-order valence-electron chi connectivity index (χ2n) is 5.46. The summed E-state index contributed by atoms with van der Waals surface area (Å²) in [5, 5.41) is 9.66. The van der Waals surface area contributed by atoms with Crippen LogP contribution in [0.25, 0.3) is 0 Å². The monoisotopic (exact) mass is 263 g/mol. The molecule has 0 aliphatic carbocycles. The molecule has 1 aliphatic rings. The molecule has 0 amide bonds. The highest BCUT2D eigenvalue weighted by Gasteiger charge is 2.22. The second kappa shape index (κ2) is 7.51. The maximum Gasteiger partial charge on any atom is 0.119 e. The maximum atomic E-state index is 9.66. The molecule has 2 atom stereocenters. The summed E-state index contributed by atoms with van der Waals surface area (Å²) >= 11 is 0. The smallest absolute Gasteiger partial charge is 0.119 e. The first-order valence-electron chi connectivity index (χ1n) is 7.34. The number of likely N-dealkylation sites (tertiary alicyclic amines) is 1. The van der Waals surface area contributed by atoms with Crippen LogP contribution in [0.1, 0.15) is 26.2 Å². The van der Waals surface area contributed by atoms with Gasteiger partial charge in [0, 0.05) is 13.1 Å². The minimum Gasteiger partial charge on any atom is -0.494 e. The molecule has 3 heteroatoms. The van der Waals surface area contributed by atoms with Gasteiger partial charge in [-0.3, -0.25) is 0 Å². The van der Waals surface area contributed by atoms with Crippen molar-refractivity contribution in [3.8, 4) is 5.75 Å². The van der Waals surface area contributed by atoms with Crippen molar-refractivity contribution in [2.24, 2.45) is 5.92 Å². The molecule has 19 heavy (non-hydrogen) atoms. The molecule has 1 N–H and O–H groups in total. The summed E-state index contributed by atoms with van der Waals surface area (Å²) in [6.45, 7) is 5.93. The van der Waals surface area contributed by atoms with Gasteiger partial charge >= 0.3 is 0 Å². The summed E-state index contributed by atoms with van der Waals surface area (Å²) in [7, 11) is 0. The predicted octanol–water partition coefficient (Wildman–Crippen LogP) is 2.55. The van der Waals surface area contributed by atoms with Crippen molar-refractivity contribution in [2.45, 2.75) is 32.3 Å². The zero-order valence-corrected chi connectivity index (χ0v) is 11.8. The number of rotatable bonds is 6. The van der Waals surface area contributed by atoms with Crippen molar-refractivity contribution in [3.05, 3.63) is 30.3 Å². The zero-order chi connectivity index (χ0) is 13.5. The summed E-state index contributed by atoms with van der Waals surface area (Å²) in [4.78, 5) is 2.45. The zero-order valence-electron chi connectivity index (χ0n) is 11.8. The van der Waals surface area contributed by atoms with Gasteiger partial charge in [0.05, 0.1) is 12.7 Å². The number of nitrogens with zero attached hydrogens (tertiary/aromatic N) is 1. The first kappa shape index (κ1) is 14.4. The van der Waals surface area contributed by atoms with Crippen molar-refractivity contribution in [1.82, 2.24) is 4.90 Å². The maximum absolute atomic E-state index is 9.66. The molecule has 1 fully saturated rings. The molecule has 1 aromatic rings. The Balaban J connectivity index is 1.63. The number of benzene rings is 1. The molecule has 1 aromatic carbocycles. The van der Waals surface area contributed by atoms with E-state index in [1.807, 2.05) is 37.3 Å². The first-order valence-corrected chi connectivity index (χ1v) is 7.34. The Morgan fingerprint density at radius 2 is 2.16 bits per heavy atom. The van der Waals surface area contributed by atoms with Crippen LogP contribution in [0, 0.1) is 5.92 Å². The molecular weight excluding hydrogens is 238 g/mol. The van der Waals surface area contributed by atoms with E-state index in [2.05, 4.69) is 4.90 Å². The van der Waals surface area contributed by atoms with Crippen molar-refractivity contribution < 1.29 is 9.84 Å². The lowest BCUT2D eigenvalue weighted by Crippen LogP contribution is -2.40. The van der Waals surface area contributed by atoms with Crippen LogP contribution in [0.5, 0.6) is 5.75 Å². The van der Waals surface area contributed by atoms with E-state index in [0.717, 1.165) is 44.8 Å². The van der Waals surface area contributed by atoms with Gasteiger partial charge in [-0.05, 0) is 50.8 Å². The van der Waals surface area contributed by atoms with Gasteiger partial charge in [-0.1, -0.05) is 18.2 Å². The van der Waals surface area contributed by atoms with E-state index in [-0.39, 0.29) is 6.10 Å². The standard InChI is InChI=1S/C16H25NO2/c1-14(18)15-7-5-10-17(13-15)11-6-12-19-16-8-3-2-4-9-16/h2-4,8-9,14-15,18H,5-7,10-13H2,1H3. The third-order valence-electron chi connectivity index (χ3n) is 3.85. The number of hydrogen-bond acceptors (Lipinski definition) is 3. The Morgan fingerprint density at radius 1 is 1.37 bits per heavy atom. The molecule has 2 rings (SSSR count). The van der Waals surface area contributed by atoms with Crippen LogP contribution in [0.2, 0.25) is 0 Å². The predicted molar refractivity (Wildman–Crippen MR) is 77.4 cm³/mol. The topological polar surface area (TPSA) is 32.7 Å². The number of para-hydroxylation sites is 1. The average Bonchev–Trinajstić information content (AvgIpc) is 2.45. The van der Waals surface area contributed by atoms with Gasteiger partial charge in [-0.2, -0.15) is 0 Å². The second-order valence-corrected chi connectivity index (χ2v) is 5.46. The Hall–Kier alpha value is -1.06. The van der Waals surface area contributed by atoms with E-state index >= 15 is 0 Å². The minimum absolute atomic E-state index is 0.177. The molecule has 0 radical (unpaired) electrons. The van der Waals surface area contributed by atoms with Gasteiger partial charge in [0.2, 0.25) is 0 Å². The quantitative estimate of drug-likeness (QED) is 0.801. The van der Waals surface area contributed by atoms with Crippen molar-refractivity contribution >= 4 is 0 Å². The highest BCUT2D eigenvalue weighted by molar-refractivity contribution is 5.20. The molecule has 0 saturated carbocycles. The van der Waals surface area contributed by atoms with Gasteiger partial charge in [-0.15, -0.1) is 0 Å². The van der Waals surface area contributed by atoms with E-state index in [1.165, 1.54) is 6.42 Å². The van der Waals surface area contributed by atoms with Crippen molar-refractivity contribution in [3.63, 3.8) is 0 Å². The van der Waals surface area contributed by atoms with Crippen LogP contribution in [0.4, 0.5) is 0 Å². The van der Waals surface area contributed by atoms with E-state index in [4.69, 9.17) is 4.74 Å². The number of ether oxygens (including phenoxy) is 1. The Kier molecular flexibility index (Phi) is 5.67. The van der Waals surface area contributed by atoms with Crippen LogP contribution < -0.4 is 4.74 Å². The number of aliphatic hydroxyl groups is 1. The number of hydrogen-bond donors (Lipinski definition) is 1. The molecule has 1 heterocycles. The van der Waals surface area contributed by atoms with Crippen LogP contribution in [-0.2, 0) is 0 Å². The fourth-order valence-electron chi connectivity index (χ4n) is 2.68. The van der Waals surface area contributed by atoms with Crippen LogP contribution >= 0.6 is 0 Å². The molecular formula is C16H25NO2. The Bertz CT molecular complexity index is 353. The SMILES string of the molecule is CC(O)C1CCCN(CCCOc2ccccc2)C1. The fourth-order valence-corrected chi connectivity index (χ4v) is 2.68. The van der Waals surface area contributed by atoms with E-state index < -0.39 is 0 Å². The first-order chi connectivity index (χ1) is 9.25. The van der Waals surface area contributed by atoms with E-state index in [9.17, 15) is 5.11 Å². The third-order valence-corrected chi connectivity index (χ3v) is 3.85. The lowest BCUT2D eigenvalue weighted by Gasteiger charge is -2.34. The van der Waals surface area contributed by atoms with E-state index in [0.29, 0.717) is 5.92 Å². The molecule has 106 valence electrons. The summed E-state index contributed by atoms with van der Waals surface area (Å²) in [5.74, 6) is 1.40. The van der Waals surface area contributed by atoms with E-state index in [1.54, 1.807) is 0 Å². The molecule has 2 unspecified atom stereocenters. The Morgan fingerprint density at radius 3 is 2.89 bits per heavy atom. The van der Waals surface area contributed by atoms with Crippen LogP contribution in [-0.4, -0.2) is 42.4 Å². The summed E-state index contributed by atoms with van der Waals surface area (Å²) < 4.78 is 5.70. The molecule has 0 aromatic heterocycles. The molecule has 0 bridgehead atoms. The number of piperidine rings is 1. The summed E-state index contributed by atoms with van der Waals surface area (Å²) in [6, 6.07) is 9.96. The fraction of sp³-hybridized carbons (Fsp3) is 0.625. The Labute approximate surface area is 116 Å². The average molecular weight is 263 g/mol. The van der Waals surface area contributed by atoms with Crippen molar-refractivity contribution in [1.29, 1.82) is 0 Å². The van der Waals surface area contributed by atoms with Crippen LogP contribution in [0.3, 0.4) is 0 Å². The normalized spacial score (nSPS) is 22.1. The highest BCUT2D eigenvalue weighted by Crippen LogP contribution is 2.19. The van der Waals surface area contributed by atoms with Crippen LogP contribution in [0.15, 0.2) is 30.3 Å². The summed E-state index contributed by atoms with van der Waals surface area (Å²) in [5.41, 5.74) is 0. The molecule has 1 saturated heterocycles. The van der Waals surface area contributed by atoms with Gasteiger partial charge in [-0.25, -0.2) is 0 Å². The third kappa shape index (κ3) is 4.84. The van der Waals surface area contributed by atoms with Gasteiger partial charge < -0.3 is 14.7 Å². The minimum atomic E-state index is -0.177. The van der Waals surface area contributed by atoms with Gasteiger partial charge in [0.1, 0.15) is 5.75 Å². The summed E-state index contributed by atoms with van der Waals surface area (Å²) in [6.07, 6.45) is 3.23. The number of aliphatic hydroxyl groups excluding tert-OH is 1. The largest absolute Gasteiger partial charge is 0.494 e. The molecule has 1 aliphatic heterocycles. The molecule has 0 spiro atoms. The molecule has 3 nitrogen and oxygen atoms in total. The van der Waals surface area contributed by atoms with Gasteiger partial charge in [0.15, 0.2) is 0 Å². The lowest BCUT2D eigenvalue weighted by molar-refractivity contribution is 0.0609. The van der Waals surface area contributed by atoms with Crippen molar-refractivity contribution in [2.75, 3.05) is 26.2 Å².